The fraction of sp³-hybridized carbons (Fsp3) is 0.318. The lowest BCUT2D eigenvalue weighted by molar-refractivity contribution is -0.384. The van der Waals surface area contributed by atoms with E-state index in [9.17, 15) is 14.9 Å². The highest BCUT2D eigenvalue weighted by molar-refractivity contribution is 5.91. The van der Waals surface area contributed by atoms with Crippen molar-refractivity contribution in [1.82, 2.24) is 10.2 Å². The van der Waals surface area contributed by atoms with Crippen molar-refractivity contribution < 1.29 is 9.72 Å². The quantitative estimate of drug-likeness (QED) is 0.322. The Morgan fingerprint density at radius 1 is 1.03 bits per heavy atom. The molecule has 0 radical (unpaired) electrons. The molecule has 1 amide bonds. The fourth-order valence-electron chi connectivity index (χ4n) is 3.32. The number of benzene rings is 2. The molecule has 1 N–H and O–H groups in total. The van der Waals surface area contributed by atoms with E-state index in [0.29, 0.717) is 6.54 Å². The summed E-state index contributed by atoms with van der Waals surface area (Å²) in [5.41, 5.74) is 2.07. The Labute approximate surface area is 170 Å². The molecule has 152 valence electrons. The van der Waals surface area contributed by atoms with Crippen molar-refractivity contribution in [2.75, 3.05) is 44.2 Å². The van der Waals surface area contributed by atoms with Crippen LogP contribution in [0, 0.1) is 10.1 Å². The normalized spacial score (nSPS) is 14.8. The lowest BCUT2D eigenvalue weighted by Crippen LogP contribution is -2.47. The molecular weight excluding hydrogens is 368 g/mol. The van der Waals surface area contributed by atoms with Gasteiger partial charge in [0.15, 0.2) is 0 Å². The van der Waals surface area contributed by atoms with E-state index in [1.807, 2.05) is 6.07 Å². The second-order valence-electron chi connectivity index (χ2n) is 6.99. The Bertz CT molecular complexity index is 829. The summed E-state index contributed by atoms with van der Waals surface area (Å²) >= 11 is 0. The number of carbonyl (C=O) groups is 1. The minimum absolute atomic E-state index is 0.0382. The van der Waals surface area contributed by atoms with E-state index in [0.717, 1.165) is 44.7 Å². The van der Waals surface area contributed by atoms with Gasteiger partial charge in [0.05, 0.1) is 4.92 Å². The summed E-state index contributed by atoms with van der Waals surface area (Å²) in [7, 11) is 0. The number of piperazine rings is 1. The van der Waals surface area contributed by atoms with Gasteiger partial charge >= 0.3 is 0 Å². The van der Waals surface area contributed by atoms with Crippen LogP contribution < -0.4 is 10.2 Å². The number of anilines is 1. The molecule has 0 bridgehead atoms. The third-order valence-corrected chi connectivity index (χ3v) is 4.98. The molecule has 0 spiro atoms. The topological polar surface area (TPSA) is 78.7 Å². The third kappa shape index (κ3) is 6.43. The van der Waals surface area contributed by atoms with E-state index in [2.05, 4.69) is 39.4 Å². The molecule has 0 aliphatic carbocycles. The minimum atomic E-state index is -0.443. The maximum Gasteiger partial charge on any atom is 0.269 e. The molecule has 2 aromatic carbocycles. The van der Waals surface area contributed by atoms with Gasteiger partial charge in [-0.05, 0) is 48.9 Å². The van der Waals surface area contributed by atoms with Crippen LogP contribution in [0.15, 0.2) is 60.7 Å². The Balaban J connectivity index is 1.31. The second kappa shape index (κ2) is 10.4. The zero-order chi connectivity index (χ0) is 20.5. The van der Waals surface area contributed by atoms with Crippen LogP contribution in [-0.4, -0.2) is 55.0 Å². The molecule has 2 aromatic rings. The number of nitrogens with one attached hydrogen (secondary N) is 1. The Hall–Kier alpha value is -3.19. The van der Waals surface area contributed by atoms with Crippen LogP contribution in [0.4, 0.5) is 11.4 Å². The van der Waals surface area contributed by atoms with Crippen LogP contribution in [0.1, 0.15) is 12.0 Å². The van der Waals surface area contributed by atoms with Crippen molar-refractivity contribution in [2.45, 2.75) is 6.42 Å². The minimum Gasteiger partial charge on any atom is -0.369 e. The summed E-state index contributed by atoms with van der Waals surface area (Å²) in [6.07, 6.45) is 4.02. The first kappa shape index (κ1) is 20.5. The predicted molar refractivity (Wildman–Crippen MR) is 115 cm³/mol. The van der Waals surface area contributed by atoms with E-state index in [-0.39, 0.29) is 11.6 Å². The highest BCUT2D eigenvalue weighted by Gasteiger charge is 2.16. The van der Waals surface area contributed by atoms with Crippen molar-refractivity contribution in [3.8, 4) is 0 Å². The van der Waals surface area contributed by atoms with Gasteiger partial charge in [0, 0.05) is 56.6 Å². The van der Waals surface area contributed by atoms with Crippen molar-refractivity contribution >= 4 is 23.4 Å². The number of nitrogens with zero attached hydrogens (tertiary/aromatic N) is 3. The highest BCUT2D eigenvalue weighted by Crippen LogP contribution is 2.15. The number of nitro groups is 1. The Kier molecular flexibility index (Phi) is 7.35. The zero-order valence-corrected chi connectivity index (χ0v) is 16.4. The van der Waals surface area contributed by atoms with Crippen LogP contribution in [0.5, 0.6) is 0 Å². The van der Waals surface area contributed by atoms with Crippen molar-refractivity contribution in [2.24, 2.45) is 0 Å². The molecule has 0 aromatic heterocycles. The summed E-state index contributed by atoms with van der Waals surface area (Å²) < 4.78 is 0. The number of non-ortho nitro benzene ring substituents is 1. The molecule has 7 heteroatoms. The van der Waals surface area contributed by atoms with Crippen LogP contribution in [-0.2, 0) is 4.79 Å². The molecule has 0 saturated carbocycles. The Morgan fingerprint density at radius 3 is 2.38 bits per heavy atom. The van der Waals surface area contributed by atoms with E-state index >= 15 is 0 Å². The summed E-state index contributed by atoms with van der Waals surface area (Å²) in [6, 6.07) is 16.6. The first-order chi connectivity index (χ1) is 14.1. The molecule has 0 atom stereocenters. The molecular formula is C22H26N4O3. The SMILES string of the molecule is O=C(/C=C/c1ccc([N+](=O)[O-])cc1)NCCCN1CCN(c2ccccc2)CC1. The number of nitro benzene ring substituents is 1. The first-order valence-electron chi connectivity index (χ1n) is 9.84. The smallest absolute Gasteiger partial charge is 0.269 e. The highest BCUT2D eigenvalue weighted by atomic mass is 16.6. The van der Waals surface area contributed by atoms with Gasteiger partial charge in [0.1, 0.15) is 0 Å². The van der Waals surface area contributed by atoms with Crippen molar-refractivity contribution in [3.05, 3.63) is 76.4 Å². The third-order valence-electron chi connectivity index (χ3n) is 4.98. The van der Waals surface area contributed by atoms with Crippen molar-refractivity contribution in [1.29, 1.82) is 0 Å². The molecule has 0 unspecified atom stereocenters. The Morgan fingerprint density at radius 2 is 1.72 bits per heavy atom. The van der Waals surface area contributed by atoms with E-state index in [1.54, 1.807) is 18.2 Å². The number of rotatable bonds is 8. The van der Waals surface area contributed by atoms with Gasteiger partial charge in [-0.25, -0.2) is 0 Å². The molecule has 3 rings (SSSR count). The van der Waals surface area contributed by atoms with Crippen LogP contribution >= 0.6 is 0 Å². The van der Waals surface area contributed by atoms with Gasteiger partial charge in [-0.15, -0.1) is 0 Å². The lowest BCUT2D eigenvalue weighted by Gasteiger charge is -2.36. The largest absolute Gasteiger partial charge is 0.369 e. The zero-order valence-electron chi connectivity index (χ0n) is 16.4. The number of hydrogen-bond donors (Lipinski definition) is 1. The monoisotopic (exact) mass is 394 g/mol. The van der Waals surface area contributed by atoms with E-state index in [1.165, 1.54) is 23.9 Å². The van der Waals surface area contributed by atoms with Crippen molar-refractivity contribution in [3.63, 3.8) is 0 Å². The maximum atomic E-state index is 11.9. The van der Waals surface area contributed by atoms with E-state index in [4.69, 9.17) is 0 Å². The molecule has 1 aliphatic heterocycles. The standard InChI is InChI=1S/C22H26N4O3/c27-22(12-9-19-7-10-21(11-8-19)26(28)29)23-13-4-14-24-15-17-25(18-16-24)20-5-2-1-3-6-20/h1-3,5-12H,4,13-18H2,(H,23,27)/b12-9+. The fourth-order valence-corrected chi connectivity index (χ4v) is 3.32. The van der Waals surface area contributed by atoms with Gasteiger partial charge in [0.25, 0.3) is 5.69 Å². The van der Waals surface area contributed by atoms with Gasteiger partial charge in [-0.2, -0.15) is 0 Å². The maximum absolute atomic E-state index is 11.9. The molecule has 7 nitrogen and oxygen atoms in total. The lowest BCUT2D eigenvalue weighted by atomic mass is 10.2. The molecule has 1 heterocycles. The summed E-state index contributed by atoms with van der Waals surface area (Å²) in [5, 5.41) is 13.5. The van der Waals surface area contributed by atoms with Crippen LogP contribution in [0.25, 0.3) is 6.08 Å². The average Bonchev–Trinajstić information content (AvgIpc) is 2.76. The average molecular weight is 394 g/mol. The number of amides is 1. The van der Waals surface area contributed by atoms with Crippen LogP contribution in [0.3, 0.4) is 0 Å². The van der Waals surface area contributed by atoms with Gasteiger partial charge in [-0.1, -0.05) is 18.2 Å². The molecule has 1 saturated heterocycles. The summed E-state index contributed by atoms with van der Waals surface area (Å²) in [4.78, 5) is 26.9. The molecule has 1 fully saturated rings. The van der Waals surface area contributed by atoms with Gasteiger partial charge < -0.3 is 10.2 Å². The second-order valence-corrected chi connectivity index (χ2v) is 6.99. The molecule has 29 heavy (non-hydrogen) atoms. The van der Waals surface area contributed by atoms with Gasteiger partial charge in [-0.3, -0.25) is 19.8 Å². The summed E-state index contributed by atoms with van der Waals surface area (Å²) in [5.74, 6) is -0.155. The van der Waals surface area contributed by atoms with E-state index < -0.39 is 4.92 Å². The number of hydrogen-bond acceptors (Lipinski definition) is 5. The molecule has 1 aliphatic rings. The van der Waals surface area contributed by atoms with Gasteiger partial charge in [0.2, 0.25) is 5.91 Å². The summed E-state index contributed by atoms with van der Waals surface area (Å²) in [6.45, 7) is 5.70. The predicted octanol–water partition coefficient (Wildman–Crippen LogP) is 2.94. The number of carbonyl (C=O) groups excluding carboxylic acids is 1. The first-order valence-corrected chi connectivity index (χ1v) is 9.84. The van der Waals surface area contributed by atoms with Crippen LogP contribution in [0.2, 0.25) is 0 Å². The number of para-hydroxylation sites is 1.